The minimum Gasteiger partial charge on any atom is -0.376 e. The maximum Gasteiger partial charge on any atom is 0.0663 e. The van der Waals surface area contributed by atoms with Crippen molar-refractivity contribution < 1.29 is 4.74 Å². The summed E-state index contributed by atoms with van der Waals surface area (Å²) in [5.74, 6) is 0. The van der Waals surface area contributed by atoms with E-state index < -0.39 is 0 Å². The molecule has 82 valence electrons. The van der Waals surface area contributed by atoms with Crippen LogP contribution in [0.4, 0.5) is 0 Å². The SMILES string of the molecule is Cc1cccc(C(N)COC2CCC2)c1. The van der Waals surface area contributed by atoms with E-state index in [4.69, 9.17) is 10.5 Å². The van der Waals surface area contributed by atoms with Crippen LogP contribution in [0.2, 0.25) is 0 Å². The van der Waals surface area contributed by atoms with Gasteiger partial charge in [0.1, 0.15) is 0 Å². The van der Waals surface area contributed by atoms with Crippen molar-refractivity contribution in [2.45, 2.75) is 38.3 Å². The first-order valence-corrected chi connectivity index (χ1v) is 5.69. The minimum atomic E-state index is 0.0190. The maximum atomic E-state index is 6.07. The molecule has 1 atom stereocenters. The van der Waals surface area contributed by atoms with Gasteiger partial charge in [-0.25, -0.2) is 0 Å². The number of ether oxygens (including phenoxy) is 1. The van der Waals surface area contributed by atoms with Crippen LogP contribution in [0.1, 0.15) is 36.4 Å². The van der Waals surface area contributed by atoms with Gasteiger partial charge in [0.25, 0.3) is 0 Å². The lowest BCUT2D eigenvalue weighted by atomic mass is 9.96. The summed E-state index contributed by atoms with van der Waals surface area (Å²) in [6.07, 6.45) is 4.20. The van der Waals surface area contributed by atoms with Gasteiger partial charge >= 0.3 is 0 Å². The van der Waals surface area contributed by atoms with Gasteiger partial charge in [0.15, 0.2) is 0 Å². The fourth-order valence-corrected chi connectivity index (χ4v) is 1.77. The first kappa shape index (κ1) is 10.7. The fourth-order valence-electron chi connectivity index (χ4n) is 1.77. The molecule has 15 heavy (non-hydrogen) atoms. The maximum absolute atomic E-state index is 6.07. The van der Waals surface area contributed by atoms with Crippen molar-refractivity contribution >= 4 is 0 Å². The van der Waals surface area contributed by atoms with Gasteiger partial charge in [0.05, 0.1) is 18.8 Å². The third-order valence-electron chi connectivity index (χ3n) is 3.03. The van der Waals surface area contributed by atoms with Crippen LogP contribution in [0.15, 0.2) is 24.3 Å². The number of aryl methyl sites for hydroxylation is 1. The second kappa shape index (κ2) is 4.77. The summed E-state index contributed by atoms with van der Waals surface area (Å²) in [5.41, 5.74) is 8.50. The van der Waals surface area contributed by atoms with Crippen LogP contribution < -0.4 is 5.73 Å². The lowest BCUT2D eigenvalue weighted by molar-refractivity contribution is -0.00445. The number of nitrogens with two attached hydrogens (primary N) is 1. The lowest BCUT2D eigenvalue weighted by Crippen LogP contribution is -2.26. The molecular weight excluding hydrogens is 186 g/mol. The Bertz CT molecular complexity index is 320. The van der Waals surface area contributed by atoms with Crippen molar-refractivity contribution in [3.8, 4) is 0 Å². The van der Waals surface area contributed by atoms with E-state index in [1.165, 1.54) is 30.4 Å². The molecule has 0 amide bonds. The molecule has 0 spiro atoms. The molecule has 0 radical (unpaired) electrons. The summed E-state index contributed by atoms with van der Waals surface area (Å²) in [7, 11) is 0. The Morgan fingerprint density at radius 3 is 2.87 bits per heavy atom. The summed E-state index contributed by atoms with van der Waals surface area (Å²) in [6, 6.07) is 8.36. The monoisotopic (exact) mass is 205 g/mol. The third kappa shape index (κ3) is 2.80. The second-order valence-corrected chi connectivity index (χ2v) is 4.41. The van der Waals surface area contributed by atoms with Crippen LogP contribution in [-0.4, -0.2) is 12.7 Å². The quantitative estimate of drug-likeness (QED) is 0.820. The van der Waals surface area contributed by atoms with Crippen molar-refractivity contribution in [1.29, 1.82) is 0 Å². The Hall–Kier alpha value is -0.860. The van der Waals surface area contributed by atoms with E-state index in [1.807, 2.05) is 6.07 Å². The third-order valence-corrected chi connectivity index (χ3v) is 3.03. The molecule has 0 heterocycles. The van der Waals surface area contributed by atoms with Crippen LogP contribution in [0.3, 0.4) is 0 Å². The molecule has 0 aliphatic heterocycles. The van der Waals surface area contributed by atoms with E-state index in [2.05, 4.69) is 25.1 Å². The normalized spacial score (nSPS) is 18.5. The molecule has 2 N–H and O–H groups in total. The fraction of sp³-hybridized carbons (Fsp3) is 0.538. The molecule has 0 bridgehead atoms. The average molecular weight is 205 g/mol. The number of rotatable bonds is 4. The first-order valence-electron chi connectivity index (χ1n) is 5.69. The van der Waals surface area contributed by atoms with Gasteiger partial charge in [-0.1, -0.05) is 29.8 Å². The van der Waals surface area contributed by atoms with Gasteiger partial charge in [0, 0.05) is 0 Å². The van der Waals surface area contributed by atoms with E-state index in [-0.39, 0.29) is 6.04 Å². The Morgan fingerprint density at radius 1 is 1.47 bits per heavy atom. The Kier molecular flexibility index (Phi) is 3.39. The first-order chi connectivity index (χ1) is 7.25. The molecule has 1 aromatic rings. The van der Waals surface area contributed by atoms with E-state index in [9.17, 15) is 0 Å². The van der Waals surface area contributed by atoms with E-state index >= 15 is 0 Å². The molecule has 1 aromatic carbocycles. The van der Waals surface area contributed by atoms with Crippen LogP contribution in [0.25, 0.3) is 0 Å². The van der Waals surface area contributed by atoms with Crippen molar-refractivity contribution in [3.63, 3.8) is 0 Å². The highest BCUT2D eigenvalue weighted by atomic mass is 16.5. The van der Waals surface area contributed by atoms with Crippen LogP contribution in [0, 0.1) is 6.92 Å². The van der Waals surface area contributed by atoms with Crippen molar-refractivity contribution in [3.05, 3.63) is 35.4 Å². The molecule has 2 heteroatoms. The molecule has 0 saturated heterocycles. The zero-order chi connectivity index (χ0) is 10.7. The molecule has 1 saturated carbocycles. The van der Waals surface area contributed by atoms with Gasteiger partial charge in [-0.15, -0.1) is 0 Å². The summed E-state index contributed by atoms with van der Waals surface area (Å²) in [4.78, 5) is 0. The lowest BCUT2D eigenvalue weighted by Gasteiger charge is -2.27. The Labute approximate surface area is 91.4 Å². The average Bonchev–Trinajstić information content (AvgIpc) is 2.15. The molecule has 1 fully saturated rings. The van der Waals surface area contributed by atoms with E-state index in [0.717, 1.165) is 0 Å². The van der Waals surface area contributed by atoms with Gasteiger partial charge in [-0.2, -0.15) is 0 Å². The predicted molar refractivity (Wildman–Crippen MR) is 61.7 cm³/mol. The molecule has 1 aliphatic carbocycles. The number of hydrogen-bond acceptors (Lipinski definition) is 2. The van der Waals surface area contributed by atoms with Crippen LogP contribution in [-0.2, 0) is 4.74 Å². The zero-order valence-electron chi connectivity index (χ0n) is 9.28. The molecule has 2 rings (SSSR count). The zero-order valence-corrected chi connectivity index (χ0v) is 9.28. The highest BCUT2D eigenvalue weighted by molar-refractivity contribution is 5.24. The second-order valence-electron chi connectivity index (χ2n) is 4.41. The van der Waals surface area contributed by atoms with Crippen molar-refractivity contribution in [1.82, 2.24) is 0 Å². The van der Waals surface area contributed by atoms with Gasteiger partial charge in [-0.05, 0) is 31.7 Å². The van der Waals surface area contributed by atoms with E-state index in [0.29, 0.717) is 12.7 Å². The summed E-state index contributed by atoms with van der Waals surface area (Å²) < 4.78 is 5.71. The standard InChI is InChI=1S/C13H19NO/c1-10-4-2-5-11(8-10)13(14)9-15-12-6-3-7-12/h2,4-5,8,12-13H,3,6-7,9,14H2,1H3. The van der Waals surface area contributed by atoms with Crippen LogP contribution in [0.5, 0.6) is 0 Å². The summed E-state index contributed by atoms with van der Waals surface area (Å²) in [5, 5.41) is 0. The molecule has 0 aromatic heterocycles. The van der Waals surface area contributed by atoms with Gasteiger partial charge < -0.3 is 10.5 Å². The largest absolute Gasteiger partial charge is 0.376 e. The topological polar surface area (TPSA) is 35.2 Å². The smallest absolute Gasteiger partial charge is 0.0663 e. The van der Waals surface area contributed by atoms with Crippen LogP contribution >= 0.6 is 0 Å². The highest BCUT2D eigenvalue weighted by Crippen LogP contribution is 2.23. The highest BCUT2D eigenvalue weighted by Gasteiger charge is 2.19. The molecule has 2 nitrogen and oxygen atoms in total. The summed E-state index contributed by atoms with van der Waals surface area (Å²) >= 11 is 0. The number of benzene rings is 1. The molecule has 1 aliphatic rings. The van der Waals surface area contributed by atoms with Crippen molar-refractivity contribution in [2.75, 3.05) is 6.61 Å². The molecule has 1 unspecified atom stereocenters. The number of hydrogen-bond donors (Lipinski definition) is 1. The van der Waals surface area contributed by atoms with Gasteiger partial charge in [-0.3, -0.25) is 0 Å². The minimum absolute atomic E-state index is 0.0190. The predicted octanol–water partition coefficient (Wildman–Crippen LogP) is 2.56. The van der Waals surface area contributed by atoms with Gasteiger partial charge in [0.2, 0.25) is 0 Å². The van der Waals surface area contributed by atoms with Crippen molar-refractivity contribution in [2.24, 2.45) is 5.73 Å². The molecular formula is C13H19NO. The summed E-state index contributed by atoms with van der Waals surface area (Å²) in [6.45, 7) is 2.73. The Morgan fingerprint density at radius 2 is 2.27 bits per heavy atom. The Balaban J connectivity index is 1.86. The van der Waals surface area contributed by atoms with E-state index in [1.54, 1.807) is 0 Å².